The Hall–Kier alpha value is -2.37. The third-order valence-corrected chi connectivity index (χ3v) is 4.87. The summed E-state index contributed by atoms with van der Waals surface area (Å²) in [5.74, 6) is 0.389. The summed E-state index contributed by atoms with van der Waals surface area (Å²) in [4.78, 5) is 18.8. The summed E-state index contributed by atoms with van der Waals surface area (Å²) in [5.41, 5.74) is 3.26. The zero-order valence-electron chi connectivity index (χ0n) is 14.0. The van der Waals surface area contributed by atoms with Gasteiger partial charge in [0.05, 0.1) is 23.8 Å². The molecule has 0 spiro atoms. The van der Waals surface area contributed by atoms with Gasteiger partial charge in [-0.05, 0) is 44.2 Å². The van der Waals surface area contributed by atoms with E-state index in [9.17, 15) is 4.79 Å². The van der Waals surface area contributed by atoms with Gasteiger partial charge < -0.3 is 10.2 Å². The minimum absolute atomic E-state index is 0.147. The summed E-state index contributed by atoms with van der Waals surface area (Å²) < 4.78 is 1.90. The van der Waals surface area contributed by atoms with E-state index in [0.717, 1.165) is 55.7 Å². The molecular formula is C18H23N5O. The van der Waals surface area contributed by atoms with E-state index in [1.807, 2.05) is 36.3 Å². The lowest BCUT2D eigenvalue weighted by atomic mass is 9.95. The molecule has 1 saturated heterocycles. The van der Waals surface area contributed by atoms with Crippen LogP contribution in [-0.4, -0.2) is 39.8 Å². The van der Waals surface area contributed by atoms with Crippen molar-refractivity contribution in [2.24, 2.45) is 5.92 Å². The summed E-state index contributed by atoms with van der Waals surface area (Å²) in [6.45, 7) is 3.79. The zero-order chi connectivity index (χ0) is 16.5. The lowest BCUT2D eigenvalue weighted by Crippen LogP contribution is -2.41. The highest BCUT2D eigenvalue weighted by Gasteiger charge is 2.30. The fraction of sp³-hybridized carbons (Fsp3) is 0.500. The van der Waals surface area contributed by atoms with E-state index in [2.05, 4.69) is 20.3 Å². The lowest BCUT2D eigenvalue weighted by molar-refractivity contribution is -0.125. The molecule has 2 fully saturated rings. The molecule has 0 unspecified atom stereocenters. The molecule has 1 saturated carbocycles. The maximum Gasteiger partial charge on any atom is 0.223 e. The molecule has 0 radical (unpaired) electrons. The highest BCUT2D eigenvalue weighted by atomic mass is 16.2. The van der Waals surface area contributed by atoms with E-state index >= 15 is 0 Å². The van der Waals surface area contributed by atoms with Gasteiger partial charge in [0, 0.05) is 37.4 Å². The van der Waals surface area contributed by atoms with Gasteiger partial charge in [-0.3, -0.25) is 9.78 Å². The van der Waals surface area contributed by atoms with Crippen molar-refractivity contribution in [3.05, 3.63) is 36.4 Å². The Morgan fingerprint density at radius 1 is 1.17 bits per heavy atom. The Morgan fingerprint density at radius 2 is 1.96 bits per heavy atom. The molecule has 6 nitrogen and oxygen atoms in total. The van der Waals surface area contributed by atoms with Crippen molar-refractivity contribution in [1.29, 1.82) is 0 Å². The van der Waals surface area contributed by atoms with Gasteiger partial charge >= 0.3 is 0 Å². The van der Waals surface area contributed by atoms with Crippen LogP contribution in [0.15, 0.2) is 30.9 Å². The predicted octanol–water partition coefficient (Wildman–Crippen LogP) is 2.07. The summed E-state index contributed by atoms with van der Waals surface area (Å²) in [6, 6.07) is 2.44. The minimum atomic E-state index is 0.147. The van der Waals surface area contributed by atoms with Gasteiger partial charge in [-0.1, -0.05) is 0 Å². The second-order valence-corrected chi connectivity index (χ2v) is 6.87. The first-order valence-electron chi connectivity index (χ1n) is 8.71. The standard InChI is InChI=1S/C18H23N5O/c1-13-10-20-23(12-13)16-4-7-19-11-17(16)22-8-5-14(6-9-22)18(24)21-15-2-3-15/h4,7,10-12,14-15H,2-3,5-6,8-9H2,1H3,(H,21,24). The Balaban J connectivity index is 1.46. The summed E-state index contributed by atoms with van der Waals surface area (Å²) in [6.07, 6.45) is 11.7. The third-order valence-electron chi connectivity index (χ3n) is 4.87. The topological polar surface area (TPSA) is 63.1 Å². The Labute approximate surface area is 141 Å². The first-order chi connectivity index (χ1) is 11.7. The number of anilines is 1. The van der Waals surface area contributed by atoms with Crippen LogP contribution in [0.3, 0.4) is 0 Å². The van der Waals surface area contributed by atoms with E-state index in [1.54, 1.807) is 6.20 Å². The van der Waals surface area contributed by atoms with Crippen molar-refractivity contribution in [3.8, 4) is 5.69 Å². The van der Waals surface area contributed by atoms with Crippen LogP contribution in [-0.2, 0) is 4.79 Å². The molecule has 1 aliphatic carbocycles. The monoisotopic (exact) mass is 325 g/mol. The van der Waals surface area contributed by atoms with Crippen LogP contribution in [0.5, 0.6) is 0 Å². The van der Waals surface area contributed by atoms with Gasteiger partial charge in [0.25, 0.3) is 0 Å². The number of amides is 1. The van der Waals surface area contributed by atoms with Crippen molar-refractivity contribution >= 4 is 11.6 Å². The van der Waals surface area contributed by atoms with Crippen LogP contribution in [0.25, 0.3) is 5.69 Å². The lowest BCUT2D eigenvalue weighted by Gasteiger charge is -2.33. The number of hydrogen-bond acceptors (Lipinski definition) is 4. The highest BCUT2D eigenvalue weighted by molar-refractivity contribution is 5.79. The fourth-order valence-corrected chi connectivity index (χ4v) is 3.29. The highest BCUT2D eigenvalue weighted by Crippen LogP contribution is 2.28. The van der Waals surface area contributed by atoms with Crippen molar-refractivity contribution in [1.82, 2.24) is 20.1 Å². The van der Waals surface area contributed by atoms with E-state index in [1.165, 1.54) is 0 Å². The molecule has 1 amide bonds. The SMILES string of the molecule is Cc1cnn(-c2ccncc2N2CCC(C(=O)NC3CC3)CC2)c1. The second kappa shape index (κ2) is 6.26. The molecule has 126 valence electrons. The van der Waals surface area contributed by atoms with Gasteiger partial charge in [-0.15, -0.1) is 0 Å². The number of aryl methyl sites for hydroxylation is 1. The predicted molar refractivity (Wildman–Crippen MR) is 92.2 cm³/mol. The molecule has 1 aliphatic heterocycles. The van der Waals surface area contributed by atoms with Gasteiger partial charge in [0.2, 0.25) is 5.91 Å². The largest absolute Gasteiger partial charge is 0.368 e. The molecule has 2 aromatic heterocycles. The van der Waals surface area contributed by atoms with Crippen LogP contribution in [0, 0.1) is 12.8 Å². The molecule has 24 heavy (non-hydrogen) atoms. The number of aromatic nitrogens is 3. The molecule has 0 aromatic carbocycles. The van der Waals surface area contributed by atoms with Crippen LogP contribution >= 0.6 is 0 Å². The number of nitrogens with one attached hydrogen (secondary N) is 1. The van der Waals surface area contributed by atoms with Crippen molar-refractivity contribution in [3.63, 3.8) is 0 Å². The van der Waals surface area contributed by atoms with Crippen LogP contribution in [0.4, 0.5) is 5.69 Å². The Bertz CT molecular complexity index is 729. The smallest absolute Gasteiger partial charge is 0.223 e. The van der Waals surface area contributed by atoms with Crippen LogP contribution in [0.2, 0.25) is 0 Å². The van der Waals surface area contributed by atoms with E-state index < -0.39 is 0 Å². The number of carbonyl (C=O) groups is 1. The molecule has 2 aliphatic rings. The maximum atomic E-state index is 12.2. The number of piperidine rings is 1. The fourth-order valence-electron chi connectivity index (χ4n) is 3.29. The molecular weight excluding hydrogens is 302 g/mol. The summed E-state index contributed by atoms with van der Waals surface area (Å²) >= 11 is 0. The van der Waals surface area contributed by atoms with Gasteiger partial charge in [0.15, 0.2) is 0 Å². The first kappa shape index (κ1) is 15.2. The normalized spacial score (nSPS) is 18.6. The number of carbonyl (C=O) groups excluding carboxylic acids is 1. The zero-order valence-corrected chi connectivity index (χ0v) is 14.0. The van der Waals surface area contributed by atoms with Crippen molar-refractivity contribution in [2.45, 2.75) is 38.6 Å². The molecule has 6 heteroatoms. The minimum Gasteiger partial charge on any atom is -0.368 e. The Kier molecular flexibility index (Phi) is 3.96. The van der Waals surface area contributed by atoms with E-state index in [-0.39, 0.29) is 11.8 Å². The summed E-state index contributed by atoms with van der Waals surface area (Å²) in [7, 11) is 0. The molecule has 1 N–H and O–H groups in total. The molecule has 4 rings (SSSR count). The third kappa shape index (κ3) is 3.13. The van der Waals surface area contributed by atoms with Crippen LogP contribution < -0.4 is 10.2 Å². The van der Waals surface area contributed by atoms with Crippen LogP contribution in [0.1, 0.15) is 31.2 Å². The second-order valence-electron chi connectivity index (χ2n) is 6.87. The number of rotatable bonds is 4. The maximum absolute atomic E-state index is 12.2. The Morgan fingerprint density at radius 3 is 2.62 bits per heavy atom. The quantitative estimate of drug-likeness (QED) is 0.935. The molecule has 0 bridgehead atoms. The van der Waals surface area contributed by atoms with E-state index in [0.29, 0.717) is 6.04 Å². The number of hydrogen-bond donors (Lipinski definition) is 1. The van der Waals surface area contributed by atoms with Gasteiger partial charge in [-0.2, -0.15) is 5.10 Å². The first-order valence-corrected chi connectivity index (χ1v) is 8.71. The van der Waals surface area contributed by atoms with Gasteiger partial charge in [0.1, 0.15) is 0 Å². The average molecular weight is 325 g/mol. The number of pyridine rings is 1. The average Bonchev–Trinajstić information content (AvgIpc) is 3.32. The van der Waals surface area contributed by atoms with Crippen molar-refractivity contribution < 1.29 is 4.79 Å². The van der Waals surface area contributed by atoms with E-state index in [4.69, 9.17) is 0 Å². The molecule has 2 aromatic rings. The molecule has 0 atom stereocenters. The summed E-state index contributed by atoms with van der Waals surface area (Å²) in [5, 5.41) is 7.56. The number of nitrogens with zero attached hydrogens (tertiary/aromatic N) is 4. The van der Waals surface area contributed by atoms with Crippen molar-refractivity contribution in [2.75, 3.05) is 18.0 Å². The van der Waals surface area contributed by atoms with Gasteiger partial charge in [-0.25, -0.2) is 4.68 Å². The molecule has 3 heterocycles.